The molecule has 0 spiro atoms. The van der Waals surface area contributed by atoms with Crippen LogP contribution in [-0.2, 0) is 4.79 Å². The first-order valence-electron chi connectivity index (χ1n) is 7.85. The minimum Gasteiger partial charge on any atom is -0.396 e. The summed E-state index contributed by atoms with van der Waals surface area (Å²) in [6.07, 6.45) is 8.27. The minimum absolute atomic E-state index is 0.124. The van der Waals surface area contributed by atoms with E-state index in [0.29, 0.717) is 17.9 Å². The molecule has 0 saturated heterocycles. The van der Waals surface area contributed by atoms with Gasteiger partial charge in [-0.25, -0.2) is 0 Å². The topological polar surface area (TPSA) is 61.4 Å². The van der Waals surface area contributed by atoms with Crippen LogP contribution >= 0.6 is 0 Å². The van der Waals surface area contributed by atoms with E-state index in [9.17, 15) is 9.90 Å². The SMILES string of the molecule is CC(NCC1CCCC1CO)C(=O)NC1CCCC1. The van der Waals surface area contributed by atoms with Crippen LogP contribution in [0.1, 0.15) is 51.9 Å². The van der Waals surface area contributed by atoms with Gasteiger partial charge in [0, 0.05) is 12.6 Å². The summed E-state index contributed by atoms with van der Waals surface area (Å²) in [5, 5.41) is 15.8. The molecule has 0 bridgehead atoms. The van der Waals surface area contributed by atoms with Gasteiger partial charge in [-0.1, -0.05) is 19.3 Å². The predicted molar refractivity (Wildman–Crippen MR) is 75.8 cm³/mol. The molecule has 1 amide bonds. The van der Waals surface area contributed by atoms with E-state index in [0.717, 1.165) is 25.8 Å². The Balaban J connectivity index is 1.68. The monoisotopic (exact) mass is 268 g/mol. The van der Waals surface area contributed by atoms with Crippen molar-refractivity contribution in [2.75, 3.05) is 13.2 Å². The Labute approximate surface area is 116 Å². The highest BCUT2D eigenvalue weighted by Crippen LogP contribution is 2.30. The van der Waals surface area contributed by atoms with Crippen molar-refractivity contribution >= 4 is 5.91 Å². The Kier molecular flexibility index (Phi) is 5.64. The number of aliphatic hydroxyl groups is 1. The van der Waals surface area contributed by atoms with E-state index in [4.69, 9.17) is 0 Å². The predicted octanol–water partition coefficient (Wildman–Crippen LogP) is 1.43. The second-order valence-electron chi connectivity index (χ2n) is 6.25. The molecular weight excluding hydrogens is 240 g/mol. The Hall–Kier alpha value is -0.610. The zero-order valence-corrected chi connectivity index (χ0v) is 12.0. The highest BCUT2D eigenvalue weighted by molar-refractivity contribution is 5.81. The molecule has 2 saturated carbocycles. The lowest BCUT2D eigenvalue weighted by atomic mass is 9.97. The van der Waals surface area contributed by atoms with Gasteiger partial charge in [0.1, 0.15) is 0 Å². The van der Waals surface area contributed by atoms with Crippen LogP contribution in [0.2, 0.25) is 0 Å². The summed E-state index contributed by atoms with van der Waals surface area (Å²) >= 11 is 0. The molecule has 3 atom stereocenters. The lowest BCUT2D eigenvalue weighted by Gasteiger charge is -2.22. The maximum absolute atomic E-state index is 12.0. The van der Waals surface area contributed by atoms with Crippen molar-refractivity contribution < 1.29 is 9.90 Å². The van der Waals surface area contributed by atoms with Gasteiger partial charge in [-0.2, -0.15) is 0 Å². The van der Waals surface area contributed by atoms with Crippen molar-refractivity contribution in [3.8, 4) is 0 Å². The number of hydrogen-bond acceptors (Lipinski definition) is 3. The van der Waals surface area contributed by atoms with Gasteiger partial charge < -0.3 is 15.7 Å². The van der Waals surface area contributed by atoms with Crippen molar-refractivity contribution in [3.05, 3.63) is 0 Å². The number of nitrogens with one attached hydrogen (secondary N) is 2. The van der Waals surface area contributed by atoms with Crippen LogP contribution in [0.25, 0.3) is 0 Å². The van der Waals surface area contributed by atoms with Gasteiger partial charge in [-0.15, -0.1) is 0 Å². The standard InChI is InChI=1S/C15H28N2O2/c1-11(15(19)17-14-7-2-3-8-14)16-9-12-5-4-6-13(12)10-18/h11-14,16,18H,2-10H2,1H3,(H,17,19). The third-order valence-electron chi connectivity index (χ3n) is 4.83. The Morgan fingerprint density at radius 3 is 2.53 bits per heavy atom. The van der Waals surface area contributed by atoms with Crippen LogP contribution in [0.3, 0.4) is 0 Å². The Bertz CT molecular complexity index is 290. The molecule has 2 rings (SSSR count). The third-order valence-corrected chi connectivity index (χ3v) is 4.83. The summed E-state index contributed by atoms with van der Waals surface area (Å²) in [5.41, 5.74) is 0. The molecule has 0 aromatic heterocycles. The van der Waals surface area contributed by atoms with Crippen LogP contribution in [0.15, 0.2) is 0 Å². The molecular formula is C15H28N2O2. The molecule has 0 radical (unpaired) electrons. The van der Waals surface area contributed by atoms with Crippen molar-refractivity contribution in [1.29, 1.82) is 0 Å². The summed E-state index contributed by atoms with van der Waals surface area (Å²) in [7, 11) is 0. The van der Waals surface area contributed by atoms with Crippen LogP contribution in [-0.4, -0.2) is 36.2 Å². The maximum atomic E-state index is 12.0. The van der Waals surface area contributed by atoms with Gasteiger partial charge >= 0.3 is 0 Å². The lowest BCUT2D eigenvalue weighted by Crippen LogP contribution is -2.47. The second kappa shape index (κ2) is 7.25. The van der Waals surface area contributed by atoms with Gasteiger partial charge in [0.15, 0.2) is 0 Å². The zero-order chi connectivity index (χ0) is 13.7. The van der Waals surface area contributed by atoms with E-state index in [-0.39, 0.29) is 18.6 Å². The number of rotatable bonds is 6. The summed E-state index contributed by atoms with van der Waals surface area (Å²) in [6.45, 7) is 3.08. The van der Waals surface area contributed by atoms with Crippen molar-refractivity contribution in [2.24, 2.45) is 11.8 Å². The molecule has 2 aliphatic carbocycles. The van der Waals surface area contributed by atoms with E-state index in [1.165, 1.54) is 25.7 Å². The van der Waals surface area contributed by atoms with E-state index in [1.807, 2.05) is 6.92 Å². The molecule has 0 heterocycles. The summed E-state index contributed by atoms with van der Waals surface area (Å²) in [6, 6.07) is 0.272. The minimum atomic E-state index is -0.124. The van der Waals surface area contributed by atoms with Gasteiger partial charge in [0.25, 0.3) is 0 Å². The number of amides is 1. The van der Waals surface area contributed by atoms with E-state index >= 15 is 0 Å². The molecule has 19 heavy (non-hydrogen) atoms. The van der Waals surface area contributed by atoms with Crippen LogP contribution in [0.5, 0.6) is 0 Å². The van der Waals surface area contributed by atoms with Gasteiger partial charge in [-0.05, 0) is 51.0 Å². The average molecular weight is 268 g/mol. The smallest absolute Gasteiger partial charge is 0.237 e. The fourth-order valence-electron chi connectivity index (χ4n) is 3.44. The highest BCUT2D eigenvalue weighted by atomic mass is 16.3. The van der Waals surface area contributed by atoms with Crippen LogP contribution in [0, 0.1) is 11.8 Å². The number of carbonyl (C=O) groups is 1. The maximum Gasteiger partial charge on any atom is 0.237 e. The summed E-state index contributed by atoms with van der Waals surface area (Å²) in [5.74, 6) is 1.09. The fraction of sp³-hybridized carbons (Fsp3) is 0.933. The van der Waals surface area contributed by atoms with E-state index in [2.05, 4.69) is 10.6 Å². The molecule has 0 aliphatic heterocycles. The first kappa shape index (κ1) is 14.8. The summed E-state index contributed by atoms with van der Waals surface area (Å²) in [4.78, 5) is 12.0. The molecule has 0 aromatic carbocycles. The molecule has 3 unspecified atom stereocenters. The molecule has 110 valence electrons. The molecule has 4 nitrogen and oxygen atoms in total. The Morgan fingerprint density at radius 1 is 1.16 bits per heavy atom. The third kappa shape index (κ3) is 4.18. The van der Waals surface area contributed by atoms with E-state index < -0.39 is 0 Å². The molecule has 2 fully saturated rings. The number of carbonyl (C=O) groups excluding carboxylic acids is 1. The molecule has 3 N–H and O–H groups in total. The number of aliphatic hydroxyl groups excluding tert-OH is 1. The first-order valence-corrected chi connectivity index (χ1v) is 7.85. The molecule has 0 aromatic rings. The largest absolute Gasteiger partial charge is 0.396 e. The quantitative estimate of drug-likeness (QED) is 0.683. The zero-order valence-electron chi connectivity index (χ0n) is 12.0. The van der Waals surface area contributed by atoms with Crippen molar-refractivity contribution in [1.82, 2.24) is 10.6 Å². The van der Waals surface area contributed by atoms with Crippen LogP contribution in [0.4, 0.5) is 0 Å². The van der Waals surface area contributed by atoms with Crippen LogP contribution < -0.4 is 10.6 Å². The summed E-state index contributed by atoms with van der Waals surface area (Å²) < 4.78 is 0. The lowest BCUT2D eigenvalue weighted by molar-refractivity contribution is -0.123. The highest BCUT2D eigenvalue weighted by Gasteiger charge is 2.27. The van der Waals surface area contributed by atoms with Crippen molar-refractivity contribution in [3.63, 3.8) is 0 Å². The van der Waals surface area contributed by atoms with E-state index in [1.54, 1.807) is 0 Å². The first-order chi connectivity index (χ1) is 9.20. The fourth-order valence-corrected chi connectivity index (χ4v) is 3.44. The average Bonchev–Trinajstić information content (AvgIpc) is 3.06. The van der Waals surface area contributed by atoms with Gasteiger partial charge in [-0.3, -0.25) is 4.79 Å². The van der Waals surface area contributed by atoms with Crippen molar-refractivity contribution in [2.45, 2.75) is 64.0 Å². The molecule has 4 heteroatoms. The number of hydrogen-bond donors (Lipinski definition) is 3. The normalized spacial score (nSPS) is 29.6. The van der Waals surface area contributed by atoms with Gasteiger partial charge in [0.2, 0.25) is 5.91 Å². The van der Waals surface area contributed by atoms with Gasteiger partial charge in [0.05, 0.1) is 6.04 Å². The molecule has 2 aliphatic rings. The second-order valence-corrected chi connectivity index (χ2v) is 6.25. The Morgan fingerprint density at radius 2 is 1.84 bits per heavy atom.